The Balaban J connectivity index is 0.000000460. The number of ketones is 2. The van der Waals surface area contributed by atoms with Gasteiger partial charge in [0, 0.05) is 39.9 Å². The number of methoxy groups -OCH3 is 1. The maximum absolute atomic E-state index is 13.1. The van der Waals surface area contributed by atoms with Crippen LogP contribution in [0.5, 0.6) is 23.1 Å². The summed E-state index contributed by atoms with van der Waals surface area (Å²) in [5.41, 5.74) is 25.3. The van der Waals surface area contributed by atoms with E-state index in [4.69, 9.17) is 36.7 Å². The van der Waals surface area contributed by atoms with Gasteiger partial charge >= 0.3 is 0 Å². The van der Waals surface area contributed by atoms with Gasteiger partial charge in [-0.1, -0.05) is 328 Å². The third-order valence-corrected chi connectivity index (χ3v) is 21.2. The quantitative estimate of drug-likeness (QED) is 0.0602. The van der Waals surface area contributed by atoms with Crippen LogP contribution in [0.15, 0.2) is 266 Å². The molecule has 0 bridgehead atoms. The summed E-state index contributed by atoms with van der Waals surface area (Å²) >= 11 is 5.72. The largest absolute Gasteiger partial charge is 0.494 e. The Morgan fingerprint density at radius 2 is 0.893 bits per heavy atom. The number of nitrogens with zero attached hydrogens (tertiary/aromatic N) is 1. The summed E-state index contributed by atoms with van der Waals surface area (Å²) in [4.78, 5) is 27.1. The van der Waals surface area contributed by atoms with Gasteiger partial charge in [-0.05, 0) is 262 Å². The SMILES string of the molecule is C.C=C(N)c1cccc(C(C)C)c1.C=S(N)(=O)c1cccc(C(C)C)c1.CC(=O)c1cc(C(C)C)ccc1F.CC(C)c1ccc(Cl)cc1.CC(C)c1ccc(Oc2ccccc2)cc1.CC(C)c1ccc2c(c1)C(=O)CC2.CCOc1cccc(C(C)C)c1.CCc1cccc(C(C)C)c1.COc1cc(C(C)C)ccn1.Cc1cccc(C(C)C)c1. The third kappa shape index (κ3) is 41.1. The number of carbonyl (C=O) groups excluding carboxylic acids is 2. The lowest BCUT2D eigenvalue weighted by atomic mass is 9.98. The maximum Gasteiger partial charge on any atom is 0.213 e. The van der Waals surface area contributed by atoms with Crippen molar-refractivity contribution in [3.8, 4) is 23.1 Å². The molecule has 0 spiro atoms. The van der Waals surface area contributed by atoms with Crippen LogP contribution in [0.25, 0.3) is 5.70 Å². The summed E-state index contributed by atoms with van der Waals surface area (Å²) in [6.45, 7) is 55.3. The van der Waals surface area contributed by atoms with Crippen LogP contribution in [0, 0.1) is 12.7 Å². The number of aromatic nitrogens is 1. The second kappa shape index (κ2) is 56.5. The summed E-state index contributed by atoms with van der Waals surface area (Å²) < 4.78 is 40.6. The normalized spacial score (nSPS) is 11.4. The molecular formula is C110H147ClFN3O6S. The molecule has 0 aliphatic heterocycles. The smallest absolute Gasteiger partial charge is 0.213 e. The van der Waals surface area contributed by atoms with Crippen molar-refractivity contribution in [1.82, 2.24) is 4.98 Å². The van der Waals surface area contributed by atoms with Gasteiger partial charge in [0.25, 0.3) is 0 Å². The average Bonchev–Trinajstić information content (AvgIpc) is 1.67. The van der Waals surface area contributed by atoms with Crippen molar-refractivity contribution in [1.29, 1.82) is 0 Å². The number of ether oxygens (including phenoxy) is 3. The fourth-order valence-electron chi connectivity index (χ4n) is 11.8. The van der Waals surface area contributed by atoms with E-state index in [0.29, 0.717) is 87.9 Å². The number of para-hydroxylation sites is 1. The summed E-state index contributed by atoms with van der Waals surface area (Å²) in [5, 5.41) is 6.25. The molecule has 9 nitrogen and oxygen atoms in total. The molecule has 0 saturated heterocycles. The topological polar surface area (TPSA) is 144 Å². The van der Waals surface area contributed by atoms with Crippen molar-refractivity contribution < 1.29 is 32.4 Å². The molecule has 12 rings (SSSR count). The zero-order valence-corrected chi connectivity index (χ0v) is 79.1. The van der Waals surface area contributed by atoms with E-state index in [0.717, 1.165) is 64.0 Å². The minimum Gasteiger partial charge on any atom is -0.494 e. The van der Waals surface area contributed by atoms with Crippen LogP contribution in [0.4, 0.5) is 4.39 Å². The van der Waals surface area contributed by atoms with E-state index in [1.54, 1.807) is 31.5 Å². The Bertz CT molecular complexity index is 4900. The highest BCUT2D eigenvalue weighted by atomic mass is 35.5. The van der Waals surface area contributed by atoms with Gasteiger partial charge in [0.15, 0.2) is 11.6 Å². The fraction of sp³-hybridized carbons (Fsp3) is 0.364. The molecule has 11 aromatic rings. The first-order valence-corrected chi connectivity index (χ1v) is 45.0. The van der Waals surface area contributed by atoms with E-state index in [-0.39, 0.29) is 18.8 Å². The number of carbonyl (C=O) groups is 2. The van der Waals surface area contributed by atoms with Gasteiger partial charge in [0.2, 0.25) is 5.88 Å². The fourth-order valence-corrected chi connectivity index (χ4v) is 12.6. The highest BCUT2D eigenvalue weighted by Gasteiger charge is 2.20. The van der Waals surface area contributed by atoms with Crippen LogP contribution in [-0.4, -0.2) is 40.3 Å². The first-order chi connectivity index (χ1) is 57.1. The Kier molecular flexibility index (Phi) is 50.0. The van der Waals surface area contributed by atoms with E-state index in [1.807, 2.05) is 130 Å². The van der Waals surface area contributed by atoms with Gasteiger partial charge in [-0.3, -0.25) is 14.7 Å². The third-order valence-electron chi connectivity index (χ3n) is 19.9. The number of halogens is 2. The number of Topliss-reactive ketones (excluding diaryl/α,β-unsaturated/α-hetero) is 2. The number of rotatable bonds is 19. The molecule has 0 fully saturated rings. The standard InChI is InChI=1S/C15H16O.C12H14O.C11H13FO.C11H15N.C11H16O.C11H16.C10H15NOS.C10H14.C9H11Cl.C9H13NO.CH4/c1-12(2)13-8-10-15(11-9-13)16-14-6-4-3-5-7-14;1-8(2)10-4-3-9-5-6-12(13)11(9)7-10;1-7(2)9-4-5-11(12)10(6-9)8(3)13;1-8(2)10-5-4-6-11(7-10)9(3)12;1-4-12-11-7-5-6-10(8-11)9(2)3;1-4-10-6-5-7-11(8-10)9(2)3;1-8(2)9-5-4-6-10(7-9)13(3,11)12;1-8(2)10-6-4-5-9(3)7-10;1-7(2)8-3-5-9(10)6-4-8;1-7(2)8-4-5-10-9(6-8)11-3;/h3-12H,1-2H3;3-4,7-8H,5-6H2,1-2H3;4-7H,1-3H3;4-8H,3,12H2,1-2H3;5-9H,4H2,1-3H3;5-9H,4H2,1-3H3;4-8H,3H2,1-2H3,(H2,11,12);4-8H,1-3H3;3-7H,1-2H3;4-7H,1-3H3;1H4. The second-order valence-corrected chi connectivity index (χ2v) is 35.7. The predicted octanol–water partition coefficient (Wildman–Crippen LogP) is 31.2. The molecule has 122 heavy (non-hydrogen) atoms. The predicted molar refractivity (Wildman–Crippen MR) is 527 cm³/mol. The summed E-state index contributed by atoms with van der Waals surface area (Å²) in [7, 11) is -0.927. The molecule has 1 atom stereocenters. The monoisotopic (exact) mass is 1690 g/mol. The van der Waals surface area contributed by atoms with Crippen LogP contribution in [-0.2, 0) is 22.5 Å². The van der Waals surface area contributed by atoms with E-state index in [2.05, 4.69) is 271 Å². The molecule has 1 aliphatic rings. The van der Waals surface area contributed by atoms with Gasteiger partial charge in [0.1, 0.15) is 23.1 Å². The van der Waals surface area contributed by atoms with Crippen molar-refractivity contribution in [2.24, 2.45) is 10.9 Å². The van der Waals surface area contributed by atoms with Gasteiger partial charge in [-0.2, -0.15) is 0 Å². The van der Waals surface area contributed by atoms with Crippen LogP contribution in [0.2, 0.25) is 5.02 Å². The van der Waals surface area contributed by atoms with Crippen molar-refractivity contribution >= 4 is 44.4 Å². The lowest BCUT2D eigenvalue weighted by molar-refractivity contribution is 0.0990. The van der Waals surface area contributed by atoms with Crippen LogP contribution in [0.1, 0.15) is 331 Å². The Labute approximate surface area is 743 Å². The zero-order valence-electron chi connectivity index (χ0n) is 77.5. The van der Waals surface area contributed by atoms with Gasteiger partial charge < -0.3 is 19.9 Å². The van der Waals surface area contributed by atoms with E-state index < -0.39 is 15.5 Å². The number of nitrogens with two attached hydrogens (primary N) is 2. The van der Waals surface area contributed by atoms with E-state index >= 15 is 0 Å². The summed E-state index contributed by atoms with van der Waals surface area (Å²) in [6.07, 6.45) is 4.55. The molecule has 0 saturated carbocycles. The minimum atomic E-state index is -2.56. The number of benzene rings is 10. The molecule has 4 N–H and O–H groups in total. The molecule has 0 amide bonds. The first-order valence-electron chi connectivity index (χ1n) is 42.8. The van der Waals surface area contributed by atoms with Crippen molar-refractivity contribution in [2.75, 3.05) is 13.7 Å². The van der Waals surface area contributed by atoms with Gasteiger partial charge in [-0.25, -0.2) is 13.6 Å². The molecule has 0 radical (unpaired) electrons. The Morgan fingerprint density at radius 3 is 1.37 bits per heavy atom. The zero-order chi connectivity index (χ0) is 90.6. The van der Waals surface area contributed by atoms with Crippen LogP contribution in [0.3, 0.4) is 0 Å². The Morgan fingerprint density at radius 1 is 0.475 bits per heavy atom. The molecule has 1 aliphatic carbocycles. The van der Waals surface area contributed by atoms with Gasteiger partial charge in [0.05, 0.1) is 29.0 Å². The molecule has 12 heteroatoms. The second-order valence-electron chi connectivity index (χ2n) is 33.3. The molecule has 1 aromatic heterocycles. The van der Waals surface area contributed by atoms with Crippen molar-refractivity contribution in [3.63, 3.8) is 0 Å². The first kappa shape index (κ1) is 108. The minimum absolute atomic E-state index is 0. The number of hydrogen-bond acceptors (Lipinski definition) is 8. The van der Waals surface area contributed by atoms with Crippen molar-refractivity contribution in [2.45, 2.75) is 257 Å². The van der Waals surface area contributed by atoms with Crippen molar-refractivity contribution in [3.05, 3.63) is 361 Å². The van der Waals surface area contributed by atoms with Crippen LogP contribution < -0.4 is 25.1 Å². The van der Waals surface area contributed by atoms with E-state index in [9.17, 15) is 18.2 Å². The number of pyridine rings is 1. The number of aryl methyl sites for hydroxylation is 3. The Hall–Kier alpha value is -10.2. The summed E-state index contributed by atoms with van der Waals surface area (Å²) in [5.74, 6) is 11.9. The number of fused-ring (bicyclic) bond motifs is 1. The average molecular weight is 1690 g/mol. The summed E-state index contributed by atoms with van der Waals surface area (Å²) in [6, 6.07) is 82.5. The lowest BCUT2D eigenvalue weighted by Gasteiger charge is -2.08. The van der Waals surface area contributed by atoms with Gasteiger partial charge in [-0.15, -0.1) is 0 Å². The van der Waals surface area contributed by atoms with E-state index in [1.165, 1.54) is 74.2 Å². The molecular weight excluding hydrogens is 1550 g/mol. The number of hydrogen-bond donors (Lipinski definition) is 2. The lowest BCUT2D eigenvalue weighted by Crippen LogP contribution is -2.12. The molecule has 1 heterocycles. The molecule has 10 aromatic carbocycles. The highest BCUT2D eigenvalue weighted by molar-refractivity contribution is 7.98. The maximum atomic E-state index is 13.1. The molecule has 1 unspecified atom stereocenters. The highest BCUT2D eigenvalue weighted by Crippen LogP contribution is 2.29. The van der Waals surface area contributed by atoms with Crippen LogP contribution >= 0.6 is 11.6 Å². The molecule has 658 valence electrons.